The standard InChI is InChI=1S/C14H19N3O3S/c1-21-14-15-8-10(11(18)7-12(19)20)13(17-14)16-9-5-3-2-4-6-9/h8-9H,2-7H2,1H3,(H,19,20)(H,15,16,17). The number of hydrogen-bond donors (Lipinski definition) is 2. The molecule has 1 aromatic rings. The Morgan fingerprint density at radius 3 is 2.71 bits per heavy atom. The van der Waals surface area contributed by atoms with Gasteiger partial charge >= 0.3 is 5.97 Å². The number of carbonyl (C=O) groups excluding carboxylic acids is 1. The number of carbonyl (C=O) groups is 2. The van der Waals surface area contributed by atoms with E-state index >= 15 is 0 Å². The van der Waals surface area contributed by atoms with Crippen molar-refractivity contribution in [3.05, 3.63) is 11.8 Å². The molecule has 1 aliphatic rings. The summed E-state index contributed by atoms with van der Waals surface area (Å²) in [5, 5.41) is 12.6. The second-order valence-electron chi connectivity index (χ2n) is 5.09. The molecule has 1 saturated carbocycles. The molecular weight excluding hydrogens is 290 g/mol. The van der Waals surface area contributed by atoms with Crippen LogP contribution in [0.5, 0.6) is 0 Å². The van der Waals surface area contributed by atoms with E-state index in [2.05, 4.69) is 15.3 Å². The van der Waals surface area contributed by atoms with Gasteiger partial charge < -0.3 is 10.4 Å². The summed E-state index contributed by atoms with van der Waals surface area (Å²) in [6.07, 6.45) is 8.40. The molecule has 2 N–H and O–H groups in total. The summed E-state index contributed by atoms with van der Waals surface area (Å²) in [4.78, 5) is 31.1. The van der Waals surface area contributed by atoms with E-state index in [0.717, 1.165) is 25.7 Å². The molecule has 2 rings (SSSR count). The number of Topliss-reactive ketones (excluding diaryl/α,β-unsaturated/α-hetero) is 1. The lowest BCUT2D eigenvalue weighted by molar-refractivity contribution is -0.135. The third-order valence-electron chi connectivity index (χ3n) is 3.51. The Kier molecular flexibility index (Phi) is 5.55. The third kappa shape index (κ3) is 4.42. The van der Waals surface area contributed by atoms with Crippen LogP contribution in [0, 0.1) is 0 Å². The summed E-state index contributed by atoms with van der Waals surface area (Å²) in [6.45, 7) is 0. The van der Waals surface area contributed by atoms with Crippen LogP contribution in [0.15, 0.2) is 11.4 Å². The SMILES string of the molecule is CSc1ncc(C(=O)CC(=O)O)c(NC2CCCCC2)n1. The van der Waals surface area contributed by atoms with Gasteiger partial charge in [-0.25, -0.2) is 9.97 Å². The summed E-state index contributed by atoms with van der Waals surface area (Å²) in [6, 6.07) is 0.291. The number of aliphatic carboxylic acids is 1. The highest BCUT2D eigenvalue weighted by molar-refractivity contribution is 7.98. The lowest BCUT2D eigenvalue weighted by Crippen LogP contribution is -2.25. The van der Waals surface area contributed by atoms with Gasteiger partial charge in [0.2, 0.25) is 0 Å². The summed E-state index contributed by atoms with van der Waals surface area (Å²) in [7, 11) is 0. The molecule has 1 aromatic heterocycles. The van der Waals surface area contributed by atoms with Crippen molar-refractivity contribution in [3.8, 4) is 0 Å². The molecule has 0 bridgehead atoms. The summed E-state index contributed by atoms with van der Waals surface area (Å²) in [5.74, 6) is -1.14. The highest BCUT2D eigenvalue weighted by atomic mass is 32.2. The zero-order valence-electron chi connectivity index (χ0n) is 12.0. The van der Waals surface area contributed by atoms with E-state index in [4.69, 9.17) is 5.11 Å². The van der Waals surface area contributed by atoms with Gasteiger partial charge in [-0.3, -0.25) is 9.59 Å². The molecule has 1 heterocycles. The number of carboxylic acids is 1. The van der Waals surface area contributed by atoms with E-state index in [9.17, 15) is 9.59 Å². The van der Waals surface area contributed by atoms with E-state index in [1.54, 1.807) is 0 Å². The highest BCUT2D eigenvalue weighted by Crippen LogP contribution is 2.24. The summed E-state index contributed by atoms with van der Waals surface area (Å²) >= 11 is 1.39. The van der Waals surface area contributed by atoms with Crippen LogP contribution in [0.3, 0.4) is 0 Å². The lowest BCUT2D eigenvalue weighted by atomic mass is 9.95. The molecular formula is C14H19N3O3S. The molecule has 0 radical (unpaired) electrons. The Morgan fingerprint density at radius 2 is 2.10 bits per heavy atom. The van der Waals surface area contributed by atoms with E-state index in [-0.39, 0.29) is 5.56 Å². The normalized spacial score (nSPS) is 15.7. The fraction of sp³-hybridized carbons (Fsp3) is 0.571. The molecule has 7 heteroatoms. The van der Waals surface area contributed by atoms with Gasteiger partial charge in [-0.05, 0) is 19.1 Å². The Morgan fingerprint density at radius 1 is 1.38 bits per heavy atom. The number of aromatic nitrogens is 2. The number of rotatable bonds is 6. The number of nitrogens with one attached hydrogen (secondary N) is 1. The molecule has 21 heavy (non-hydrogen) atoms. The van der Waals surface area contributed by atoms with E-state index in [1.807, 2.05) is 6.26 Å². The van der Waals surface area contributed by atoms with Crippen LogP contribution in [-0.4, -0.2) is 39.1 Å². The van der Waals surface area contributed by atoms with Crippen LogP contribution in [0.25, 0.3) is 0 Å². The van der Waals surface area contributed by atoms with Gasteiger partial charge in [0, 0.05) is 12.2 Å². The summed E-state index contributed by atoms with van der Waals surface area (Å²) in [5.41, 5.74) is 0.265. The number of anilines is 1. The van der Waals surface area contributed by atoms with Gasteiger partial charge in [0.25, 0.3) is 0 Å². The molecule has 6 nitrogen and oxygen atoms in total. The van der Waals surface area contributed by atoms with Crippen molar-refractivity contribution in [2.45, 2.75) is 49.7 Å². The van der Waals surface area contributed by atoms with Crippen LogP contribution in [0.4, 0.5) is 5.82 Å². The first kappa shape index (κ1) is 15.8. The maximum Gasteiger partial charge on any atom is 0.311 e. The molecule has 0 amide bonds. The van der Waals surface area contributed by atoms with E-state index in [0.29, 0.717) is 17.0 Å². The minimum absolute atomic E-state index is 0.265. The predicted octanol–water partition coefficient (Wildman–Crippen LogP) is 2.60. The van der Waals surface area contributed by atoms with Crippen molar-refractivity contribution in [2.75, 3.05) is 11.6 Å². The van der Waals surface area contributed by atoms with Crippen LogP contribution >= 0.6 is 11.8 Å². The van der Waals surface area contributed by atoms with Crippen LogP contribution < -0.4 is 5.32 Å². The van der Waals surface area contributed by atoms with Gasteiger partial charge in [-0.15, -0.1) is 0 Å². The fourth-order valence-corrected chi connectivity index (χ4v) is 2.79. The maximum atomic E-state index is 12.0. The van der Waals surface area contributed by atoms with Crippen molar-refractivity contribution >= 4 is 29.3 Å². The molecule has 1 fully saturated rings. The first-order chi connectivity index (χ1) is 10.1. The van der Waals surface area contributed by atoms with Gasteiger partial charge in [-0.1, -0.05) is 31.0 Å². The smallest absolute Gasteiger partial charge is 0.311 e. The van der Waals surface area contributed by atoms with E-state index < -0.39 is 18.2 Å². The van der Waals surface area contributed by atoms with Crippen LogP contribution in [-0.2, 0) is 4.79 Å². The van der Waals surface area contributed by atoms with Crippen LogP contribution in [0.1, 0.15) is 48.9 Å². The Labute approximate surface area is 127 Å². The molecule has 0 saturated heterocycles. The Bertz CT molecular complexity index is 530. The molecule has 1 aliphatic carbocycles. The zero-order valence-corrected chi connectivity index (χ0v) is 12.8. The molecule has 0 aromatic carbocycles. The minimum Gasteiger partial charge on any atom is -0.481 e. The van der Waals surface area contributed by atoms with Crippen molar-refractivity contribution in [1.29, 1.82) is 0 Å². The fourth-order valence-electron chi connectivity index (χ4n) is 2.45. The first-order valence-electron chi connectivity index (χ1n) is 7.02. The largest absolute Gasteiger partial charge is 0.481 e. The Balaban J connectivity index is 2.22. The van der Waals surface area contributed by atoms with Crippen molar-refractivity contribution in [1.82, 2.24) is 9.97 Å². The topological polar surface area (TPSA) is 92.2 Å². The Hall–Kier alpha value is -1.63. The maximum absolute atomic E-state index is 12.0. The average Bonchev–Trinajstić information content (AvgIpc) is 2.47. The van der Waals surface area contributed by atoms with Gasteiger partial charge in [0.1, 0.15) is 12.2 Å². The predicted molar refractivity (Wildman–Crippen MR) is 80.9 cm³/mol. The molecule has 0 atom stereocenters. The number of hydrogen-bond acceptors (Lipinski definition) is 6. The molecule has 0 aliphatic heterocycles. The molecule has 114 valence electrons. The molecule has 0 spiro atoms. The monoisotopic (exact) mass is 309 g/mol. The number of nitrogens with zero attached hydrogens (tertiary/aromatic N) is 2. The van der Waals surface area contributed by atoms with Crippen molar-refractivity contribution in [2.24, 2.45) is 0 Å². The minimum atomic E-state index is -1.14. The number of thioether (sulfide) groups is 1. The number of carboxylic acid groups (broad SMARTS) is 1. The van der Waals surface area contributed by atoms with Gasteiger partial charge in [0.15, 0.2) is 10.9 Å². The van der Waals surface area contributed by atoms with E-state index in [1.165, 1.54) is 24.4 Å². The highest BCUT2D eigenvalue weighted by Gasteiger charge is 2.20. The van der Waals surface area contributed by atoms with Gasteiger partial charge in [-0.2, -0.15) is 0 Å². The first-order valence-corrected chi connectivity index (χ1v) is 8.25. The van der Waals surface area contributed by atoms with Gasteiger partial charge in [0.05, 0.1) is 5.56 Å². The quantitative estimate of drug-likeness (QED) is 0.361. The lowest BCUT2D eigenvalue weighted by Gasteiger charge is -2.24. The van der Waals surface area contributed by atoms with Crippen LogP contribution in [0.2, 0.25) is 0 Å². The third-order valence-corrected chi connectivity index (χ3v) is 4.07. The second-order valence-corrected chi connectivity index (χ2v) is 5.87. The number of ketones is 1. The summed E-state index contributed by atoms with van der Waals surface area (Å²) < 4.78 is 0. The van der Waals surface area contributed by atoms with Crippen molar-refractivity contribution in [3.63, 3.8) is 0 Å². The average molecular weight is 309 g/mol. The van der Waals surface area contributed by atoms with Crippen molar-refractivity contribution < 1.29 is 14.7 Å². The zero-order chi connectivity index (χ0) is 15.2. The second kappa shape index (κ2) is 7.40. The molecule has 0 unspecified atom stereocenters.